The minimum Gasteiger partial charge on any atom is -0.495 e. The van der Waals surface area contributed by atoms with Crippen molar-refractivity contribution in [3.05, 3.63) is 34.7 Å². The van der Waals surface area contributed by atoms with E-state index >= 15 is 0 Å². The van der Waals surface area contributed by atoms with Gasteiger partial charge in [-0.2, -0.15) is 0 Å². The summed E-state index contributed by atoms with van der Waals surface area (Å²) in [5.74, 6) is 1.02. The second-order valence-corrected chi connectivity index (χ2v) is 4.37. The van der Waals surface area contributed by atoms with Crippen LogP contribution < -0.4 is 14.8 Å². The molecule has 20 heavy (non-hydrogen) atoms. The Morgan fingerprint density at radius 1 is 1.25 bits per heavy atom. The number of carbonyl (C=O) groups excluding carboxylic acids is 1. The molecule has 0 unspecified atom stereocenters. The molecular weight excluding hydrogens is 284 g/mol. The average molecular weight is 297 g/mol. The van der Waals surface area contributed by atoms with Crippen LogP contribution in [-0.4, -0.2) is 25.3 Å². The normalized spacial score (nSPS) is 10.2. The van der Waals surface area contributed by atoms with E-state index in [-0.39, 0.29) is 5.69 Å². The molecule has 0 saturated heterocycles. The Hall–Kier alpha value is -2.21. The van der Waals surface area contributed by atoms with Gasteiger partial charge in [-0.25, -0.2) is 0 Å². The van der Waals surface area contributed by atoms with Crippen molar-refractivity contribution in [3.8, 4) is 11.5 Å². The van der Waals surface area contributed by atoms with E-state index in [0.717, 1.165) is 0 Å². The molecule has 0 radical (unpaired) electrons. The van der Waals surface area contributed by atoms with Crippen LogP contribution in [0.3, 0.4) is 0 Å². The van der Waals surface area contributed by atoms with Gasteiger partial charge in [0.15, 0.2) is 5.69 Å². The first-order valence-corrected chi connectivity index (χ1v) is 6.09. The molecule has 0 aliphatic heterocycles. The van der Waals surface area contributed by atoms with Crippen LogP contribution in [0.4, 0.5) is 5.69 Å². The molecule has 2 aromatic rings. The molecule has 1 aromatic heterocycles. The lowest BCUT2D eigenvalue weighted by atomic mass is 10.2. The standard InChI is InChI=1S/C13H13ClN2O4/c1-7-4-10(16-20-7)13(17)15-9-5-8(14)11(18-2)6-12(9)19-3/h4-6H,1-3H3,(H,15,17). The molecule has 2 rings (SSSR count). The number of methoxy groups -OCH3 is 2. The number of aryl methyl sites for hydroxylation is 1. The summed E-state index contributed by atoms with van der Waals surface area (Å²) in [5, 5.41) is 6.66. The molecule has 0 aliphatic carbocycles. The van der Waals surface area contributed by atoms with Gasteiger partial charge >= 0.3 is 0 Å². The Labute approximate surface area is 120 Å². The number of benzene rings is 1. The molecule has 0 fully saturated rings. The molecule has 0 spiro atoms. The predicted molar refractivity (Wildman–Crippen MR) is 73.7 cm³/mol. The Bertz CT molecular complexity index is 639. The highest BCUT2D eigenvalue weighted by Crippen LogP contribution is 2.36. The molecule has 1 aromatic carbocycles. The smallest absolute Gasteiger partial charge is 0.277 e. The fraction of sp³-hybridized carbons (Fsp3) is 0.231. The van der Waals surface area contributed by atoms with E-state index in [1.807, 2.05) is 0 Å². The monoisotopic (exact) mass is 296 g/mol. The van der Waals surface area contributed by atoms with Gasteiger partial charge in [-0.3, -0.25) is 4.79 Å². The fourth-order valence-electron chi connectivity index (χ4n) is 1.62. The maximum atomic E-state index is 12.0. The quantitative estimate of drug-likeness (QED) is 0.939. The molecule has 0 bridgehead atoms. The van der Waals surface area contributed by atoms with Crippen LogP contribution in [-0.2, 0) is 0 Å². The molecule has 106 valence electrons. The average Bonchev–Trinajstić information content (AvgIpc) is 2.86. The summed E-state index contributed by atoms with van der Waals surface area (Å²) >= 11 is 6.03. The number of nitrogens with one attached hydrogen (secondary N) is 1. The summed E-state index contributed by atoms with van der Waals surface area (Å²) in [6.07, 6.45) is 0. The largest absolute Gasteiger partial charge is 0.495 e. The topological polar surface area (TPSA) is 73.6 Å². The highest BCUT2D eigenvalue weighted by molar-refractivity contribution is 6.32. The molecule has 1 heterocycles. The van der Waals surface area contributed by atoms with E-state index in [4.69, 9.17) is 25.6 Å². The molecular formula is C13H13ClN2O4. The SMILES string of the molecule is COc1cc(OC)c(NC(=O)c2cc(C)on2)cc1Cl. The number of ether oxygens (including phenoxy) is 2. The zero-order chi connectivity index (χ0) is 14.7. The van der Waals surface area contributed by atoms with Crippen LogP contribution in [0.2, 0.25) is 5.02 Å². The highest BCUT2D eigenvalue weighted by atomic mass is 35.5. The Balaban J connectivity index is 2.28. The van der Waals surface area contributed by atoms with Crippen LogP contribution in [0, 0.1) is 6.92 Å². The number of carbonyl (C=O) groups is 1. The first-order valence-electron chi connectivity index (χ1n) is 5.71. The molecule has 0 atom stereocenters. The summed E-state index contributed by atoms with van der Waals surface area (Å²) in [5.41, 5.74) is 0.598. The fourth-order valence-corrected chi connectivity index (χ4v) is 1.86. The van der Waals surface area contributed by atoms with Crippen molar-refractivity contribution in [2.45, 2.75) is 6.92 Å². The second-order valence-electron chi connectivity index (χ2n) is 3.96. The van der Waals surface area contributed by atoms with Crippen LogP contribution in [0.1, 0.15) is 16.2 Å². The van der Waals surface area contributed by atoms with Crippen molar-refractivity contribution >= 4 is 23.2 Å². The molecule has 6 nitrogen and oxygen atoms in total. The third-order valence-corrected chi connectivity index (χ3v) is 2.88. The number of hydrogen-bond acceptors (Lipinski definition) is 5. The number of amides is 1. The minimum atomic E-state index is -0.415. The summed E-state index contributed by atoms with van der Waals surface area (Å²) in [4.78, 5) is 12.0. The van der Waals surface area contributed by atoms with Crippen LogP contribution >= 0.6 is 11.6 Å². The van der Waals surface area contributed by atoms with Crippen LogP contribution in [0.5, 0.6) is 11.5 Å². The van der Waals surface area contributed by atoms with Gasteiger partial charge in [0, 0.05) is 12.1 Å². The molecule has 0 aliphatic rings. The number of anilines is 1. The van der Waals surface area contributed by atoms with Gasteiger partial charge in [-0.05, 0) is 13.0 Å². The summed E-state index contributed by atoms with van der Waals surface area (Å²) in [7, 11) is 2.98. The first kappa shape index (κ1) is 14.2. The molecule has 7 heteroatoms. The number of aromatic nitrogens is 1. The lowest BCUT2D eigenvalue weighted by Gasteiger charge is -2.12. The van der Waals surface area contributed by atoms with E-state index in [2.05, 4.69) is 10.5 Å². The summed E-state index contributed by atoms with van der Waals surface area (Å²) in [6, 6.07) is 4.67. The van der Waals surface area contributed by atoms with E-state index in [1.165, 1.54) is 20.3 Å². The number of rotatable bonds is 4. The highest BCUT2D eigenvalue weighted by Gasteiger charge is 2.16. The maximum Gasteiger partial charge on any atom is 0.277 e. The molecule has 0 saturated carbocycles. The van der Waals surface area contributed by atoms with Crippen molar-refractivity contribution < 1.29 is 18.8 Å². The lowest BCUT2D eigenvalue weighted by Crippen LogP contribution is -2.13. The zero-order valence-corrected chi connectivity index (χ0v) is 11.9. The molecule has 1 amide bonds. The first-order chi connectivity index (χ1) is 9.55. The van der Waals surface area contributed by atoms with E-state index in [1.54, 1.807) is 19.1 Å². The lowest BCUT2D eigenvalue weighted by molar-refractivity contribution is 0.101. The number of nitrogens with zero attached hydrogens (tertiary/aromatic N) is 1. The Morgan fingerprint density at radius 2 is 1.95 bits per heavy atom. The second kappa shape index (κ2) is 5.83. The predicted octanol–water partition coefficient (Wildman–Crippen LogP) is 2.91. The van der Waals surface area contributed by atoms with Crippen molar-refractivity contribution in [2.75, 3.05) is 19.5 Å². The van der Waals surface area contributed by atoms with E-state index in [9.17, 15) is 4.79 Å². The van der Waals surface area contributed by atoms with Crippen molar-refractivity contribution in [3.63, 3.8) is 0 Å². The van der Waals surface area contributed by atoms with Crippen LogP contribution in [0.15, 0.2) is 22.7 Å². The minimum absolute atomic E-state index is 0.177. The van der Waals surface area contributed by atoms with Gasteiger partial charge < -0.3 is 19.3 Å². The van der Waals surface area contributed by atoms with Gasteiger partial charge in [-0.1, -0.05) is 16.8 Å². The van der Waals surface area contributed by atoms with E-state index in [0.29, 0.717) is 28.0 Å². The Morgan fingerprint density at radius 3 is 2.50 bits per heavy atom. The summed E-state index contributed by atoms with van der Waals surface area (Å²) in [6.45, 7) is 1.70. The zero-order valence-electron chi connectivity index (χ0n) is 11.2. The maximum absolute atomic E-state index is 12.0. The van der Waals surface area contributed by atoms with Gasteiger partial charge in [0.1, 0.15) is 17.3 Å². The Kier molecular flexibility index (Phi) is 4.14. The third-order valence-electron chi connectivity index (χ3n) is 2.58. The molecule has 1 N–H and O–H groups in total. The third kappa shape index (κ3) is 2.85. The van der Waals surface area contributed by atoms with Gasteiger partial charge in [0.05, 0.1) is 24.9 Å². The van der Waals surface area contributed by atoms with E-state index < -0.39 is 5.91 Å². The van der Waals surface area contributed by atoms with Crippen LogP contribution in [0.25, 0.3) is 0 Å². The summed E-state index contributed by atoms with van der Waals surface area (Å²) < 4.78 is 15.1. The van der Waals surface area contributed by atoms with Crippen molar-refractivity contribution in [2.24, 2.45) is 0 Å². The van der Waals surface area contributed by atoms with Gasteiger partial charge in [-0.15, -0.1) is 0 Å². The number of halogens is 1. The van der Waals surface area contributed by atoms with Crippen molar-refractivity contribution in [1.82, 2.24) is 5.16 Å². The van der Waals surface area contributed by atoms with Gasteiger partial charge in [0.25, 0.3) is 5.91 Å². The number of hydrogen-bond donors (Lipinski definition) is 1. The van der Waals surface area contributed by atoms with Gasteiger partial charge in [0.2, 0.25) is 0 Å². The van der Waals surface area contributed by atoms with Crippen molar-refractivity contribution in [1.29, 1.82) is 0 Å².